The largest absolute Gasteiger partial charge is 0.444 e. The molecule has 0 radical (unpaired) electrons. The van der Waals surface area contributed by atoms with Crippen molar-refractivity contribution in [2.45, 2.75) is 112 Å². The summed E-state index contributed by atoms with van der Waals surface area (Å²) in [6, 6.07) is 9.33. The van der Waals surface area contributed by atoms with Gasteiger partial charge in [-0.15, -0.1) is 0 Å². The van der Waals surface area contributed by atoms with E-state index in [1.807, 2.05) is 85.7 Å². The maximum absolute atomic E-state index is 14.0. The molecule has 1 saturated heterocycles. The normalized spacial score (nSPS) is 14.2. The van der Waals surface area contributed by atoms with E-state index in [1.165, 1.54) is 6.08 Å². The first-order valence-electron chi connectivity index (χ1n) is 16.3. The summed E-state index contributed by atoms with van der Waals surface area (Å²) in [7, 11) is 0. The molecule has 11 nitrogen and oxygen atoms in total. The van der Waals surface area contributed by atoms with Gasteiger partial charge in [-0.2, -0.15) is 9.61 Å². The minimum atomic E-state index is -0.744. The zero-order valence-corrected chi connectivity index (χ0v) is 29.5. The number of fused-ring (bicyclic) bond motifs is 1. The van der Waals surface area contributed by atoms with Crippen LogP contribution >= 0.6 is 0 Å². The van der Waals surface area contributed by atoms with Crippen LogP contribution in [-0.4, -0.2) is 61.9 Å². The molecule has 0 bridgehead atoms. The lowest BCUT2D eigenvalue weighted by atomic mass is 9.93. The standard InChI is InChI=1S/C36H50N6O5/c1-23(2)18-30(43)38-27-13-11-12-25(19-27)22-41(34(45)47-36(8,9)10)31-20-29(39-32-28(24(3)4)21-37-42(31)32)26-14-16-40(17-15-26)33(44)46-35(5,6)7/h11-13,18-21,24,26H,14-17,22H2,1-10H3,(H,38,43). The van der Waals surface area contributed by atoms with Gasteiger partial charge in [0.25, 0.3) is 0 Å². The Morgan fingerprint density at radius 2 is 1.68 bits per heavy atom. The predicted molar refractivity (Wildman–Crippen MR) is 184 cm³/mol. The molecule has 47 heavy (non-hydrogen) atoms. The van der Waals surface area contributed by atoms with Crippen molar-refractivity contribution in [3.8, 4) is 0 Å². The molecule has 0 spiro atoms. The number of carbonyl (C=O) groups is 3. The van der Waals surface area contributed by atoms with Gasteiger partial charge in [-0.25, -0.2) is 14.6 Å². The highest BCUT2D eigenvalue weighted by Gasteiger charge is 2.32. The fourth-order valence-corrected chi connectivity index (χ4v) is 5.40. The SMILES string of the molecule is CC(C)=CC(=O)Nc1cccc(CN(C(=O)OC(C)(C)C)c2cc(C3CCN(C(=O)OC(C)(C)C)CC3)nc3c(C(C)C)cnn23)c1. The maximum atomic E-state index is 14.0. The molecule has 1 N–H and O–H groups in total. The molecule has 1 aliphatic rings. The summed E-state index contributed by atoms with van der Waals surface area (Å²) in [5.74, 6) is 0.511. The third-order valence-corrected chi connectivity index (χ3v) is 7.53. The van der Waals surface area contributed by atoms with E-state index >= 15 is 0 Å². The van der Waals surface area contributed by atoms with Crippen molar-refractivity contribution in [1.29, 1.82) is 0 Å². The van der Waals surface area contributed by atoms with Crippen molar-refractivity contribution in [1.82, 2.24) is 19.5 Å². The van der Waals surface area contributed by atoms with E-state index in [1.54, 1.807) is 20.5 Å². The van der Waals surface area contributed by atoms with Crippen molar-refractivity contribution in [3.05, 3.63) is 65.0 Å². The average molecular weight is 647 g/mol. The molecule has 11 heteroatoms. The Kier molecular flexibility index (Phi) is 10.7. The highest BCUT2D eigenvalue weighted by atomic mass is 16.6. The van der Waals surface area contributed by atoms with E-state index in [9.17, 15) is 14.4 Å². The van der Waals surface area contributed by atoms with Crippen molar-refractivity contribution in [3.63, 3.8) is 0 Å². The van der Waals surface area contributed by atoms with Crippen molar-refractivity contribution in [2.75, 3.05) is 23.3 Å². The van der Waals surface area contributed by atoms with Gasteiger partial charge < -0.3 is 19.7 Å². The predicted octanol–water partition coefficient (Wildman–Crippen LogP) is 7.81. The Labute approximate surface area is 278 Å². The van der Waals surface area contributed by atoms with Crippen LogP contribution in [0.15, 0.2) is 48.2 Å². The molecule has 3 aromatic rings. The zero-order chi connectivity index (χ0) is 34.7. The van der Waals surface area contributed by atoms with Gasteiger partial charge in [-0.05, 0) is 91.8 Å². The fraction of sp³-hybridized carbons (Fsp3) is 0.528. The minimum Gasteiger partial charge on any atom is -0.444 e. The van der Waals surface area contributed by atoms with E-state index in [0.29, 0.717) is 43.1 Å². The number of aromatic nitrogens is 3. The molecular weight excluding hydrogens is 596 g/mol. The minimum absolute atomic E-state index is 0.0569. The number of nitrogens with zero attached hydrogens (tertiary/aromatic N) is 5. The summed E-state index contributed by atoms with van der Waals surface area (Å²) in [5, 5.41) is 7.59. The van der Waals surface area contributed by atoms with E-state index < -0.39 is 17.3 Å². The summed E-state index contributed by atoms with van der Waals surface area (Å²) < 4.78 is 13.2. The van der Waals surface area contributed by atoms with Crippen LogP contribution in [0, 0.1) is 0 Å². The fourth-order valence-electron chi connectivity index (χ4n) is 5.40. The van der Waals surface area contributed by atoms with Crippen LogP contribution in [-0.2, 0) is 20.8 Å². The summed E-state index contributed by atoms with van der Waals surface area (Å²) in [6.07, 6.45) is 3.90. The smallest absolute Gasteiger partial charge is 0.416 e. The number of likely N-dealkylation sites (tertiary alicyclic amines) is 1. The van der Waals surface area contributed by atoms with Gasteiger partial charge in [-0.1, -0.05) is 31.6 Å². The van der Waals surface area contributed by atoms with Gasteiger partial charge in [0.2, 0.25) is 5.91 Å². The number of ether oxygens (including phenoxy) is 2. The Morgan fingerprint density at radius 3 is 2.28 bits per heavy atom. The lowest BCUT2D eigenvalue weighted by molar-refractivity contribution is -0.112. The number of rotatable bonds is 7. The molecule has 0 unspecified atom stereocenters. The van der Waals surface area contributed by atoms with Crippen LogP contribution in [0.5, 0.6) is 0 Å². The molecule has 254 valence electrons. The molecule has 3 heterocycles. The molecule has 1 aromatic carbocycles. The molecule has 1 fully saturated rings. The Hall–Kier alpha value is -4.41. The van der Waals surface area contributed by atoms with Crippen LogP contribution in [0.1, 0.15) is 111 Å². The molecule has 0 atom stereocenters. The summed E-state index contributed by atoms with van der Waals surface area (Å²) in [5.41, 5.74) is 3.47. The Bertz CT molecular complexity index is 1630. The number of nitrogens with one attached hydrogen (secondary N) is 1. The highest BCUT2D eigenvalue weighted by molar-refractivity contribution is 5.99. The van der Waals surface area contributed by atoms with Gasteiger partial charge in [-0.3, -0.25) is 9.69 Å². The number of allylic oxidation sites excluding steroid dienone is 1. The monoisotopic (exact) mass is 646 g/mol. The first-order valence-corrected chi connectivity index (χ1v) is 16.3. The number of benzene rings is 1. The van der Waals surface area contributed by atoms with Crippen molar-refractivity contribution < 1.29 is 23.9 Å². The van der Waals surface area contributed by atoms with Gasteiger partial charge in [0.1, 0.15) is 17.0 Å². The Balaban J connectivity index is 1.74. The number of anilines is 2. The quantitative estimate of drug-likeness (QED) is 0.260. The second-order valence-corrected chi connectivity index (χ2v) is 14.7. The van der Waals surface area contributed by atoms with E-state index in [4.69, 9.17) is 19.6 Å². The molecule has 1 aliphatic heterocycles. The number of carbonyl (C=O) groups excluding carboxylic acids is 3. The number of hydrogen-bond donors (Lipinski definition) is 1. The van der Waals surface area contributed by atoms with E-state index in [-0.39, 0.29) is 30.4 Å². The molecule has 0 aliphatic carbocycles. The first-order chi connectivity index (χ1) is 21.9. The van der Waals surface area contributed by atoms with Crippen LogP contribution in [0.4, 0.5) is 21.1 Å². The average Bonchev–Trinajstić information content (AvgIpc) is 3.38. The van der Waals surface area contributed by atoms with Crippen LogP contribution in [0.25, 0.3) is 5.65 Å². The number of amides is 3. The summed E-state index contributed by atoms with van der Waals surface area (Å²) >= 11 is 0. The molecule has 4 rings (SSSR count). The third-order valence-electron chi connectivity index (χ3n) is 7.53. The summed E-state index contributed by atoms with van der Waals surface area (Å²) in [4.78, 5) is 47.6. The van der Waals surface area contributed by atoms with Gasteiger partial charge in [0.05, 0.1) is 12.7 Å². The lowest BCUT2D eigenvalue weighted by Gasteiger charge is -2.33. The van der Waals surface area contributed by atoms with Gasteiger partial charge in [0, 0.05) is 48.1 Å². The molecule has 3 amide bonds. The van der Waals surface area contributed by atoms with Crippen LogP contribution in [0.2, 0.25) is 0 Å². The van der Waals surface area contributed by atoms with E-state index in [2.05, 4.69) is 19.2 Å². The van der Waals surface area contributed by atoms with Crippen LogP contribution < -0.4 is 10.2 Å². The number of piperidine rings is 1. The second kappa shape index (κ2) is 14.1. The second-order valence-electron chi connectivity index (χ2n) is 14.7. The zero-order valence-electron chi connectivity index (χ0n) is 29.5. The topological polar surface area (TPSA) is 118 Å². The number of hydrogen-bond acceptors (Lipinski definition) is 7. The van der Waals surface area contributed by atoms with Gasteiger partial charge >= 0.3 is 12.2 Å². The van der Waals surface area contributed by atoms with Crippen molar-refractivity contribution in [2.24, 2.45) is 0 Å². The lowest BCUT2D eigenvalue weighted by Crippen LogP contribution is -2.41. The molecule has 0 saturated carbocycles. The molecule has 2 aromatic heterocycles. The van der Waals surface area contributed by atoms with Crippen molar-refractivity contribution >= 4 is 35.2 Å². The van der Waals surface area contributed by atoms with E-state index in [0.717, 1.165) is 22.4 Å². The van der Waals surface area contributed by atoms with Gasteiger partial charge in [0.15, 0.2) is 5.65 Å². The van der Waals surface area contributed by atoms with Crippen LogP contribution in [0.3, 0.4) is 0 Å². The Morgan fingerprint density at radius 1 is 1.02 bits per heavy atom. The molecular formula is C36H50N6O5. The third kappa shape index (κ3) is 9.56. The highest BCUT2D eigenvalue weighted by Crippen LogP contribution is 2.33. The maximum Gasteiger partial charge on any atom is 0.416 e. The first kappa shape index (κ1) is 35.4. The summed E-state index contributed by atoms with van der Waals surface area (Å²) in [6.45, 7) is 20.2.